The second kappa shape index (κ2) is 4.43. The lowest BCUT2D eigenvalue weighted by Crippen LogP contribution is -1.96. The van der Waals surface area contributed by atoms with Crippen molar-refractivity contribution in [3.8, 4) is 11.5 Å². The van der Waals surface area contributed by atoms with Crippen LogP contribution in [0.25, 0.3) is 22.7 Å². The minimum atomic E-state index is -1.02. The molecule has 0 aliphatic heterocycles. The Morgan fingerprint density at radius 1 is 1.26 bits per heavy atom. The van der Waals surface area contributed by atoms with Crippen LogP contribution in [0.3, 0.4) is 0 Å². The van der Waals surface area contributed by atoms with Crippen molar-refractivity contribution in [2.75, 3.05) is 0 Å². The number of aromatic carboxylic acids is 1. The van der Waals surface area contributed by atoms with Gasteiger partial charge in [0.2, 0.25) is 0 Å². The highest BCUT2D eigenvalue weighted by Crippen LogP contribution is 2.19. The fourth-order valence-corrected chi connectivity index (χ4v) is 1.89. The van der Waals surface area contributed by atoms with Crippen LogP contribution in [0, 0.1) is 0 Å². The highest BCUT2D eigenvalue weighted by Gasteiger charge is 2.10. The molecule has 0 fully saturated rings. The molecule has 0 unspecified atom stereocenters. The smallest absolute Gasteiger partial charge is 0.337 e. The second-order valence-corrected chi connectivity index (χ2v) is 4.76. The molecule has 0 aliphatic rings. The van der Waals surface area contributed by atoms with Crippen LogP contribution in [-0.4, -0.2) is 31.0 Å². The third-order valence-electron chi connectivity index (χ3n) is 2.55. The third kappa shape index (κ3) is 2.19. The molecule has 0 aliphatic carbocycles. The molecule has 0 saturated carbocycles. The van der Waals surface area contributed by atoms with Crippen molar-refractivity contribution >= 4 is 33.1 Å². The van der Waals surface area contributed by atoms with E-state index in [4.69, 9.17) is 5.11 Å². The molecule has 94 valence electrons. The summed E-state index contributed by atoms with van der Waals surface area (Å²) in [7, 11) is 0. The number of fused-ring (bicyclic) bond motifs is 1. The molecule has 0 bridgehead atoms. The molecule has 3 rings (SSSR count). The molecule has 0 saturated heterocycles. The van der Waals surface area contributed by atoms with Gasteiger partial charge in [-0.1, -0.05) is 0 Å². The summed E-state index contributed by atoms with van der Waals surface area (Å²) in [6, 6.07) is 5.16. The Morgan fingerprint density at radius 3 is 2.79 bits per heavy atom. The van der Waals surface area contributed by atoms with Gasteiger partial charge < -0.3 is 10.1 Å². The number of halogens is 1. The van der Waals surface area contributed by atoms with Gasteiger partial charge >= 0.3 is 5.97 Å². The number of H-pyrrole nitrogens is 1. The molecule has 2 N–H and O–H groups in total. The van der Waals surface area contributed by atoms with Crippen LogP contribution in [0.15, 0.2) is 35.1 Å². The minimum absolute atomic E-state index is 0.117. The van der Waals surface area contributed by atoms with Crippen molar-refractivity contribution in [2.45, 2.75) is 0 Å². The summed E-state index contributed by atoms with van der Waals surface area (Å²) < 4.78 is 0.874. The van der Waals surface area contributed by atoms with E-state index in [1.165, 1.54) is 12.3 Å². The predicted octanol–water partition coefficient (Wildman–Crippen LogP) is 2.48. The molecule has 0 aromatic carbocycles. The monoisotopic (exact) mass is 318 g/mol. The van der Waals surface area contributed by atoms with Crippen molar-refractivity contribution < 1.29 is 9.90 Å². The zero-order chi connectivity index (χ0) is 13.4. The molecule has 0 spiro atoms. The number of hydrogen-bond donors (Lipinski definition) is 2. The minimum Gasteiger partial charge on any atom is -0.478 e. The van der Waals surface area contributed by atoms with E-state index in [2.05, 4.69) is 35.9 Å². The molecule has 3 aromatic rings. The fourth-order valence-electron chi connectivity index (χ4n) is 1.65. The van der Waals surface area contributed by atoms with Crippen LogP contribution in [0.1, 0.15) is 10.4 Å². The van der Waals surface area contributed by atoms with Gasteiger partial charge in [-0.15, -0.1) is 0 Å². The molecule has 6 nitrogen and oxygen atoms in total. The fraction of sp³-hybridized carbons (Fsp3) is 0. The zero-order valence-electron chi connectivity index (χ0n) is 9.46. The van der Waals surface area contributed by atoms with Crippen LogP contribution < -0.4 is 0 Å². The zero-order valence-corrected chi connectivity index (χ0v) is 11.0. The van der Waals surface area contributed by atoms with E-state index in [1.54, 1.807) is 12.3 Å². The molecular formula is C12H7BrN4O2. The summed E-state index contributed by atoms with van der Waals surface area (Å²) in [6.45, 7) is 0. The first-order chi connectivity index (χ1) is 9.13. The van der Waals surface area contributed by atoms with Crippen molar-refractivity contribution in [1.29, 1.82) is 0 Å². The van der Waals surface area contributed by atoms with Crippen molar-refractivity contribution in [2.24, 2.45) is 0 Å². The van der Waals surface area contributed by atoms with Crippen LogP contribution in [-0.2, 0) is 0 Å². The summed E-state index contributed by atoms with van der Waals surface area (Å²) in [5.74, 6) is -0.468. The Hall–Kier alpha value is -2.28. The third-order valence-corrected chi connectivity index (χ3v) is 3.02. The van der Waals surface area contributed by atoms with Gasteiger partial charge in [-0.05, 0) is 34.1 Å². The van der Waals surface area contributed by atoms with Crippen molar-refractivity contribution in [1.82, 2.24) is 19.9 Å². The largest absolute Gasteiger partial charge is 0.478 e. The van der Waals surface area contributed by atoms with Crippen LogP contribution in [0.5, 0.6) is 0 Å². The summed E-state index contributed by atoms with van der Waals surface area (Å²) in [5, 5.41) is 8.91. The first-order valence-corrected chi connectivity index (χ1v) is 6.14. The summed E-state index contributed by atoms with van der Waals surface area (Å²) in [6.07, 6.45) is 2.95. The highest BCUT2D eigenvalue weighted by atomic mass is 79.9. The van der Waals surface area contributed by atoms with E-state index in [1.807, 2.05) is 6.07 Å². The van der Waals surface area contributed by atoms with Gasteiger partial charge in [0.1, 0.15) is 5.69 Å². The lowest BCUT2D eigenvalue weighted by Gasteiger charge is -1.94. The first kappa shape index (κ1) is 11.8. The summed E-state index contributed by atoms with van der Waals surface area (Å²) >= 11 is 3.31. The summed E-state index contributed by atoms with van der Waals surface area (Å²) in [5.41, 5.74) is 1.81. The Morgan fingerprint density at radius 2 is 2.11 bits per heavy atom. The number of rotatable bonds is 2. The number of imidazole rings is 1. The molecule has 0 radical (unpaired) electrons. The summed E-state index contributed by atoms with van der Waals surface area (Å²) in [4.78, 5) is 26.4. The highest BCUT2D eigenvalue weighted by molar-refractivity contribution is 9.10. The van der Waals surface area contributed by atoms with E-state index in [-0.39, 0.29) is 5.56 Å². The lowest BCUT2D eigenvalue weighted by molar-refractivity contribution is 0.0696. The molecule has 3 heterocycles. The number of nitrogens with zero attached hydrogens (tertiary/aromatic N) is 3. The van der Waals surface area contributed by atoms with Gasteiger partial charge in [0.25, 0.3) is 0 Å². The first-order valence-electron chi connectivity index (χ1n) is 5.34. The standard InChI is InChI=1S/C12H7BrN4O2/c13-7-1-2-8(14-5-7)11-16-9-3-6(12(18)19)4-15-10(9)17-11/h1-5H,(H,18,19)(H,15,16,17). The van der Waals surface area contributed by atoms with E-state index in [0.29, 0.717) is 22.7 Å². The van der Waals surface area contributed by atoms with Crippen molar-refractivity contribution in [3.63, 3.8) is 0 Å². The second-order valence-electron chi connectivity index (χ2n) is 3.85. The van der Waals surface area contributed by atoms with Gasteiger partial charge in [0.05, 0.1) is 11.1 Å². The molecule has 7 heteroatoms. The Kier molecular flexibility index (Phi) is 2.75. The maximum atomic E-state index is 10.9. The topological polar surface area (TPSA) is 91.8 Å². The van der Waals surface area contributed by atoms with E-state index in [0.717, 1.165) is 4.47 Å². The van der Waals surface area contributed by atoms with Gasteiger partial charge in [-0.2, -0.15) is 0 Å². The number of carbonyl (C=O) groups is 1. The van der Waals surface area contributed by atoms with Gasteiger partial charge in [-0.3, -0.25) is 4.98 Å². The van der Waals surface area contributed by atoms with Gasteiger partial charge in [-0.25, -0.2) is 14.8 Å². The number of pyridine rings is 2. The SMILES string of the molecule is O=C(O)c1cnc2nc(-c3ccc(Br)cn3)[nH]c2c1. The number of carboxylic acid groups (broad SMARTS) is 1. The number of aromatic nitrogens is 4. The maximum absolute atomic E-state index is 10.9. The average molecular weight is 319 g/mol. The average Bonchev–Trinajstić information content (AvgIpc) is 2.82. The Balaban J connectivity index is 2.11. The number of aromatic amines is 1. The van der Waals surface area contributed by atoms with E-state index < -0.39 is 5.97 Å². The Labute approximate surface area is 115 Å². The van der Waals surface area contributed by atoms with E-state index in [9.17, 15) is 4.79 Å². The number of hydrogen-bond acceptors (Lipinski definition) is 4. The van der Waals surface area contributed by atoms with Crippen LogP contribution >= 0.6 is 15.9 Å². The van der Waals surface area contributed by atoms with Crippen LogP contribution in [0.2, 0.25) is 0 Å². The maximum Gasteiger partial charge on any atom is 0.337 e. The van der Waals surface area contributed by atoms with Gasteiger partial charge in [0, 0.05) is 16.9 Å². The quantitative estimate of drug-likeness (QED) is 0.757. The van der Waals surface area contributed by atoms with Crippen LogP contribution in [0.4, 0.5) is 0 Å². The van der Waals surface area contributed by atoms with Crippen molar-refractivity contribution in [3.05, 3.63) is 40.6 Å². The normalized spacial score (nSPS) is 10.8. The number of carboxylic acids is 1. The predicted molar refractivity (Wildman–Crippen MR) is 71.8 cm³/mol. The lowest BCUT2D eigenvalue weighted by atomic mass is 10.3. The van der Waals surface area contributed by atoms with E-state index >= 15 is 0 Å². The number of nitrogens with one attached hydrogen (secondary N) is 1. The molecular weight excluding hydrogens is 312 g/mol. The Bertz CT molecular complexity index is 767. The molecule has 0 amide bonds. The van der Waals surface area contributed by atoms with Gasteiger partial charge in [0.15, 0.2) is 11.5 Å². The molecule has 3 aromatic heterocycles. The molecule has 19 heavy (non-hydrogen) atoms. The molecule has 0 atom stereocenters.